The molecule has 3 unspecified atom stereocenters. The smallest absolute Gasteiger partial charge is 0.327 e. The van der Waals surface area contributed by atoms with E-state index >= 15 is 0 Å². The fourth-order valence-corrected chi connectivity index (χ4v) is 2.82. The highest BCUT2D eigenvalue weighted by Gasteiger charge is 2.29. The lowest BCUT2D eigenvalue weighted by Crippen LogP contribution is -2.52. The van der Waals surface area contributed by atoms with Gasteiger partial charge in [-0.1, -0.05) is 26.7 Å². The molecule has 20 heavy (non-hydrogen) atoms. The van der Waals surface area contributed by atoms with Crippen LogP contribution in [-0.2, 0) is 4.79 Å². The molecule has 0 aliphatic heterocycles. The van der Waals surface area contributed by atoms with Crippen molar-refractivity contribution < 1.29 is 14.7 Å². The second-order valence-corrected chi connectivity index (χ2v) is 5.72. The minimum Gasteiger partial charge on any atom is -0.480 e. The van der Waals surface area contributed by atoms with Gasteiger partial charge in [0, 0.05) is 12.5 Å². The maximum absolute atomic E-state index is 11.9. The molecule has 5 heteroatoms. The molecule has 1 saturated carbocycles. The van der Waals surface area contributed by atoms with E-state index in [9.17, 15) is 9.59 Å². The van der Waals surface area contributed by atoms with Gasteiger partial charge < -0.3 is 15.7 Å². The molecule has 0 saturated heterocycles. The summed E-state index contributed by atoms with van der Waals surface area (Å²) in [6.07, 6.45) is 9.44. The number of amides is 2. The third-order valence-electron chi connectivity index (χ3n) is 3.92. The van der Waals surface area contributed by atoms with E-state index in [0.717, 1.165) is 19.3 Å². The first-order valence-corrected chi connectivity index (χ1v) is 7.19. The first-order chi connectivity index (χ1) is 9.45. The summed E-state index contributed by atoms with van der Waals surface area (Å²) < 4.78 is 0. The van der Waals surface area contributed by atoms with Gasteiger partial charge in [0.25, 0.3) is 0 Å². The molecule has 5 nitrogen and oxygen atoms in total. The highest BCUT2D eigenvalue weighted by molar-refractivity contribution is 5.82. The van der Waals surface area contributed by atoms with E-state index < -0.39 is 18.0 Å². The molecule has 0 aromatic carbocycles. The molecule has 1 rings (SSSR count). The van der Waals surface area contributed by atoms with Crippen molar-refractivity contribution in [3.8, 4) is 12.3 Å². The van der Waals surface area contributed by atoms with Crippen LogP contribution in [0, 0.1) is 24.2 Å². The zero-order chi connectivity index (χ0) is 15.1. The van der Waals surface area contributed by atoms with Crippen LogP contribution in [0.3, 0.4) is 0 Å². The summed E-state index contributed by atoms with van der Waals surface area (Å²) in [6.45, 7) is 4.31. The van der Waals surface area contributed by atoms with Gasteiger partial charge in [0.1, 0.15) is 6.04 Å². The first kappa shape index (κ1) is 16.4. The SMILES string of the molecule is C#CCC(NC(=O)NC1CCCCC1C(C)C)C(=O)O. The standard InChI is InChI=1S/C15H24N2O3/c1-4-7-13(14(18)19)17-15(20)16-12-9-6-5-8-11(12)10(2)3/h1,10-13H,5-9H2,2-3H3,(H,18,19)(H2,16,17,20). The number of carbonyl (C=O) groups excluding carboxylic acids is 1. The monoisotopic (exact) mass is 280 g/mol. The number of carboxylic acids is 1. The van der Waals surface area contributed by atoms with Gasteiger partial charge in [-0.25, -0.2) is 9.59 Å². The molecule has 0 spiro atoms. The van der Waals surface area contributed by atoms with Gasteiger partial charge in [-0.15, -0.1) is 12.3 Å². The lowest BCUT2D eigenvalue weighted by Gasteiger charge is -2.35. The number of terminal acetylenes is 1. The van der Waals surface area contributed by atoms with Crippen molar-refractivity contribution in [3.05, 3.63) is 0 Å². The van der Waals surface area contributed by atoms with E-state index in [1.807, 2.05) is 0 Å². The Morgan fingerprint density at radius 2 is 2.00 bits per heavy atom. The van der Waals surface area contributed by atoms with Gasteiger partial charge in [-0.3, -0.25) is 0 Å². The average Bonchev–Trinajstić information content (AvgIpc) is 2.38. The second-order valence-electron chi connectivity index (χ2n) is 5.72. The van der Waals surface area contributed by atoms with Gasteiger partial charge in [-0.2, -0.15) is 0 Å². The lowest BCUT2D eigenvalue weighted by atomic mass is 9.78. The second kappa shape index (κ2) is 7.78. The summed E-state index contributed by atoms with van der Waals surface area (Å²) in [7, 11) is 0. The predicted molar refractivity (Wildman–Crippen MR) is 77.1 cm³/mol. The Kier molecular flexibility index (Phi) is 6.37. The topological polar surface area (TPSA) is 78.4 Å². The normalized spacial score (nSPS) is 23.7. The molecule has 0 heterocycles. The summed E-state index contributed by atoms with van der Waals surface area (Å²) in [5, 5.41) is 14.3. The molecule has 0 aromatic rings. The van der Waals surface area contributed by atoms with Crippen LogP contribution in [0.5, 0.6) is 0 Å². The highest BCUT2D eigenvalue weighted by Crippen LogP contribution is 2.30. The van der Waals surface area contributed by atoms with E-state index in [-0.39, 0.29) is 12.5 Å². The number of rotatable bonds is 5. The maximum Gasteiger partial charge on any atom is 0.327 e. The fraction of sp³-hybridized carbons (Fsp3) is 0.733. The molecule has 112 valence electrons. The van der Waals surface area contributed by atoms with Crippen LogP contribution < -0.4 is 10.6 Å². The fourth-order valence-electron chi connectivity index (χ4n) is 2.82. The molecular formula is C15H24N2O3. The van der Waals surface area contributed by atoms with Crippen LogP contribution in [0.15, 0.2) is 0 Å². The summed E-state index contributed by atoms with van der Waals surface area (Å²) >= 11 is 0. The molecule has 3 atom stereocenters. The predicted octanol–water partition coefficient (Wildman–Crippen LogP) is 1.98. The third kappa shape index (κ3) is 4.76. The molecule has 3 N–H and O–H groups in total. The Morgan fingerprint density at radius 3 is 2.55 bits per heavy atom. The van der Waals surface area contributed by atoms with Crippen LogP contribution in [-0.4, -0.2) is 29.2 Å². The Labute approximate surface area is 120 Å². The molecule has 0 radical (unpaired) electrons. The van der Waals surface area contributed by atoms with Crippen molar-refractivity contribution in [1.29, 1.82) is 0 Å². The van der Waals surface area contributed by atoms with Crippen molar-refractivity contribution in [2.75, 3.05) is 0 Å². The number of hydrogen-bond acceptors (Lipinski definition) is 2. The van der Waals surface area contributed by atoms with Crippen molar-refractivity contribution in [3.63, 3.8) is 0 Å². The van der Waals surface area contributed by atoms with Gasteiger partial charge in [-0.05, 0) is 24.7 Å². The first-order valence-electron chi connectivity index (χ1n) is 7.19. The van der Waals surface area contributed by atoms with Crippen LogP contribution in [0.2, 0.25) is 0 Å². The summed E-state index contributed by atoms with van der Waals surface area (Å²) in [5.41, 5.74) is 0. The largest absolute Gasteiger partial charge is 0.480 e. The zero-order valence-electron chi connectivity index (χ0n) is 12.2. The molecule has 1 fully saturated rings. The molecule has 1 aliphatic carbocycles. The number of nitrogens with one attached hydrogen (secondary N) is 2. The van der Waals surface area contributed by atoms with Gasteiger partial charge in [0.2, 0.25) is 0 Å². The lowest BCUT2D eigenvalue weighted by molar-refractivity contribution is -0.139. The van der Waals surface area contributed by atoms with Crippen molar-refractivity contribution in [2.24, 2.45) is 11.8 Å². The molecule has 2 amide bonds. The summed E-state index contributed by atoms with van der Waals surface area (Å²) in [6, 6.07) is -1.35. The maximum atomic E-state index is 11.9. The Bertz CT molecular complexity index is 387. The summed E-state index contributed by atoms with van der Waals surface area (Å²) in [4.78, 5) is 22.9. The molecule has 0 aromatic heterocycles. The number of carboxylic acid groups (broad SMARTS) is 1. The van der Waals surface area contributed by atoms with Crippen molar-refractivity contribution in [2.45, 2.75) is 58.0 Å². The van der Waals surface area contributed by atoms with E-state index in [4.69, 9.17) is 11.5 Å². The zero-order valence-corrected chi connectivity index (χ0v) is 12.2. The van der Waals surface area contributed by atoms with E-state index in [0.29, 0.717) is 11.8 Å². The van der Waals surface area contributed by atoms with Gasteiger partial charge in [0.15, 0.2) is 0 Å². The number of carbonyl (C=O) groups is 2. The van der Waals surface area contributed by atoms with Crippen molar-refractivity contribution >= 4 is 12.0 Å². The van der Waals surface area contributed by atoms with Crippen LogP contribution in [0.1, 0.15) is 46.0 Å². The van der Waals surface area contributed by atoms with Crippen LogP contribution >= 0.6 is 0 Å². The Morgan fingerprint density at radius 1 is 1.35 bits per heavy atom. The molecule has 1 aliphatic rings. The minimum atomic E-state index is -1.11. The quantitative estimate of drug-likeness (QED) is 0.674. The van der Waals surface area contributed by atoms with E-state index in [1.54, 1.807) is 0 Å². The highest BCUT2D eigenvalue weighted by atomic mass is 16.4. The molecule has 0 bridgehead atoms. The Hall–Kier alpha value is -1.70. The molecular weight excluding hydrogens is 256 g/mol. The van der Waals surface area contributed by atoms with Crippen LogP contribution in [0.4, 0.5) is 4.79 Å². The average molecular weight is 280 g/mol. The van der Waals surface area contributed by atoms with Crippen molar-refractivity contribution in [1.82, 2.24) is 10.6 Å². The number of urea groups is 1. The van der Waals surface area contributed by atoms with E-state index in [2.05, 4.69) is 30.4 Å². The number of aliphatic carboxylic acids is 1. The van der Waals surface area contributed by atoms with Gasteiger partial charge in [0.05, 0.1) is 0 Å². The van der Waals surface area contributed by atoms with Crippen LogP contribution in [0.25, 0.3) is 0 Å². The minimum absolute atomic E-state index is 0.0129. The number of hydrogen-bond donors (Lipinski definition) is 3. The van der Waals surface area contributed by atoms with E-state index in [1.165, 1.54) is 6.42 Å². The summed E-state index contributed by atoms with van der Waals surface area (Å²) in [5.74, 6) is 2.10. The van der Waals surface area contributed by atoms with Gasteiger partial charge >= 0.3 is 12.0 Å². The third-order valence-corrected chi connectivity index (χ3v) is 3.92. The Balaban J connectivity index is 2.55.